The van der Waals surface area contributed by atoms with Crippen molar-refractivity contribution < 1.29 is 29.0 Å². The highest BCUT2D eigenvalue weighted by atomic mass is 16.5. The minimum absolute atomic E-state index is 0.0223. The Bertz CT molecular complexity index is 1000. The number of anilines is 2. The number of aliphatic carboxylic acids is 1. The number of methoxy groups -OCH3 is 2. The van der Waals surface area contributed by atoms with Crippen LogP contribution in [0, 0.1) is 0 Å². The van der Waals surface area contributed by atoms with E-state index < -0.39 is 11.9 Å². The lowest BCUT2D eigenvalue weighted by Crippen LogP contribution is -2.15. The summed E-state index contributed by atoms with van der Waals surface area (Å²) in [6.45, 7) is 6.28. The van der Waals surface area contributed by atoms with Crippen LogP contribution in [0.25, 0.3) is 0 Å². The molecular weight excluding hydrogens is 400 g/mol. The van der Waals surface area contributed by atoms with E-state index in [2.05, 4.69) is 31.4 Å². The lowest BCUT2D eigenvalue weighted by Gasteiger charge is -2.19. The van der Waals surface area contributed by atoms with E-state index in [0.717, 1.165) is 17.7 Å². The van der Waals surface area contributed by atoms with E-state index in [1.54, 1.807) is 12.1 Å². The van der Waals surface area contributed by atoms with Gasteiger partial charge in [-0.3, -0.25) is 9.59 Å². The fourth-order valence-corrected chi connectivity index (χ4v) is 2.73. The number of carboxylic acids is 1. The largest absolute Gasteiger partial charge is 0.494 e. The van der Waals surface area contributed by atoms with Gasteiger partial charge in [0.2, 0.25) is 5.91 Å². The summed E-state index contributed by atoms with van der Waals surface area (Å²) in [5.41, 5.74) is 2.17. The van der Waals surface area contributed by atoms with E-state index in [1.807, 2.05) is 12.1 Å². The molecule has 2 rings (SSSR count). The van der Waals surface area contributed by atoms with E-state index in [1.165, 1.54) is 26.4 Å². The zero-order valence-corrected chi connectivity index (χ0v) is 18.1. The van der Waals surface area contributed by atoms with E-state index >= 15 is 0 Å². The quantitative estimate of drug-likeness (QED) is 0.580. The van der Waals surface area contributed by atoms with Crippen LogP contribution in [-0.2, 0) is 15.0 Å². The van der Waals surface area contributed by atoms with Crippen molar-refractivity contribution in [3.05, 3.63) is 59.7 Å². The summed E-state index contributed by atoms with van der Waals surface area (Å²) in [4.78, 5) is 35.2. The van der Waals surface area contributed by atoms with Crippen LogP contribution >= 0.6 is 0 Å². The Morgan fingerprint density at radius 2 is 1.39 bits per heavy atom. The molecule has 0 radical (unpaired) electrons. The third kappa shape index (κ3) is 6.33. The number of carbonyl (C=O) groups is 3. The van der Waals surface area contributed by atoms with Gasteiger partial charge in [0.05, 0.1) is 25.6 Å². The summed E-state index contributed by atoms with van der Waals surface area (Å²) in [6.07, 6.45) is 1.60. The van der Waals surface area contributed by atoms with Crippen molar-refractivity contribution in [1.82, 2.24) is 0 Å². The molecule has 0 spiro atoms. The van der Waals surface area contributed by atoms with Crippen LogP contribution in [0.3, 0.4) is 0 Å². The van der Waals surface area contributed by atoms with Gasteiger partial charge in [0.15, 0.2) is 0 Å². The molecule has 0 unspecified atom stereocenters. The molecule has 0 aliphatic rings. The molecule has 0 heterocycles. The second-order valence-electron chi connectivity index (χ2n) is 7.70. The van der Waals surface area contributed by atoms with Gasteiger partial charge in [0.25, 0.3) is 5.91 Å². The van der Waals surface area contributed by atoms with E-state index in [9.17, 15) is 14.4 Å². The number of ether oxygens (including phenoxy) is 2. The van der Waals surface area contributed by atoms with E-state index in [-0.39, 0.29) is 28.5 Å². The number of nitrogens with one attached hydrogen (secondary N) is 2. The second kappa shape index (κ2) is 9.80. The molecule has 0 bridgehead atoms. The monoisotopic (exact) mass is 426 g/mol. The zero-order valence-electron chi connectivity index (χ0n) is 18.1. The van der Waals surface area contributed by atoms with Gasteiger partial charge < -0.3 is 25.2 Å². The minimum Gasteiger partial charge on any atom is -0.494 e. The molecule has 0 aliphatic heterocycles. The highest BCUT2D eigenvalue weighted by Gasteiger charge is 2.17. The Balaban J connectivity index is 2.27. The van der Waals surface area contributed by atoms with E-state index in [0.29, 0.717) is 11.3 Å². The van der Waals surface area contributed by atoms with Crippen LogP contribution in [-0.4, -0.2) is 37.1 Å². The van der Waals surface area contributed by atoms with Crippen molar-refractivity contribution >= 4 is 29.2 Å². The lowest BCUT2D eigenvalue weighted by molar-refractivity contribution is -0.131. The van der Waals surface area contributed by atoms with Gasteiger partial charge in [-0.1, -0.05) is 32.9 Å². The van der Waals surface area contributed by atoms with Gasteiger partial charge in [-0.15, -0.1) is 0 Å². The molecule has 0 aromatic heterocycles. The van der Waals surface area contributed by atoms with Crippen molar-refractivity contribution in [2.75, 3.05) is 24.9 Å². The summed E-state index contributed by atoms with van der Waals surface area (Å²) in [7, 11) is 2.83. The maximum Gasteiger partial charge on any atom is 0.328 e. The van der Waals surface area contributed by atoms with Gasteiger partial charge in [-0.05, 0) is 23.1 Å². The van der Waals surface area contributed by atoms with Gasteiger partial charge in [-0.2, -0.15) is 0 Å². The van der Waals surface area contributed by atoms with Gasteiger partial charge in [0, 0.05) is 29.8 Å². The fourth-order valence-electron chi connectivity index (χ4n) is 2.73. The van der Waals surface area contributed by atoms with Crippen LogP contribution in [0.4, 0.5) is 11.4 Å². The van der Waals surface area contributed by atoms with Crippen molar-refractivity contribution in [3.8, 4) is 11.5 Å². The predicted molar refractivity (Wildman–Crippen MR) is 118 cm³/mol. The average Bonchev–Trinajstić information content (AvgIpc) is 2.72. The second-order valence-corrected chi connectivity index (χ2v) is 7.70. The third-order valence-electron chi connectivity index (χ3n) is 4.42. The van der Waals surface area contributed by atoms with Crippen LogP contribution in [0.5, 0.6) is 11.5 Å². The molecule has 8 heteroatoms. The Kier molecular flexibility index (Phi) is 7.42. The first kappa shape index (κ1) is 23.5. The number of carboxylic acid groups (broad SMARTS) is 1. The summed E-state index contributed by atoms with van der Waals surface area (Å²) in [5, 5.41) is 13.9. The summed E-state index contributed by atoms with van der Waals surface area (Å²) < 4.78 is 10.6. The maximum absolute atomic E-state index is 12.7. The minimum atomic E-state index is -1.24. The molecule has 0 atom stereocenters. The Hall–Kier alpha value is -3.81. The first-order chi connectivity index (χ1) is 14.5. The van der Waals surface area contributed by atoms with Crippen LogP contribution in [0.15, 0.2) is 48.6 Å². The summed E-state index contributed by atoms with van der Waals surface area (Å²) >= 11 is 0. The number of benzene rings is 2. The Morgan fingerprint density at radius 3 is 1.84 bits per heavy atom. The first-order valence-corrected chi connectivity index (χ1v) is 9.45. The van der Waals surface area contributed by atoms with Gasteiger partial charge in [-0.25, -0.2) is 4.79 Å². The maximum atomic E-state index is 12.7. The summed E-state index contributed by atoms with van der Waals surface area (Å²) in [5.74, 6) is -1.68. The molecule has 0 saturated carbocycles. The standard InChI is InChI=1S/C23H26N2O6/c1-23(2,3)15-8-6-14(7-9-15)22(29)25-17-13-18(30-4)16(12-19(17)31-5)24-20(26)10-11-21(27)28/h6-13H,1-5H3,(H,24,26)(H,25,29)(H,27,28)/b11-10+. The fraction of sp³-hybridized carbons (Fsp3) is 0.261. The molecule has 2 amide bonds. The molecule has 0 saturated heterocycles. The van der Waals surface area contributed by atoms with Crippen molar-refractivity contribution in [2.45, 2.75) is 26.2 Å². The Labute approximate surface area is 180 Å². The average molecular weight is 426 g/mol. The normalized spacial score (nSPS) is 11.1. The van der Waals surface area contributed by atoms with Crippen molar-refractivity contribution in [2.24, 2.45) is 0 Å². The number of hydrogen-bond donors (Lipinski definition) is 3. The zero-order chi connectivity index (χ0) is 23.2. The molecule has 8 nitrogen and oxygen atoms in total. The third-order valence-corrected chi connectivity index (χ3v) is 4.42. The van der Waals surface area contributed by atoms with Crippen molar-refractivity contribution in [3.63, 3.8) is 0 Å². The molecule has 31 heavy (non-hydrogen) atoms. The number of rotatable bonds is 7. The number of carbonyl (C=O) groups excluding carboxylic acids is 2. The smallest absolute Gasteiger partial charge is 0.328 e. The Morgan fingerprint density at radius 1 is 0.871 bits per heavy atom. The van der Waals surface area contributed by atoms with Crippen LogP contribution in [0.2, 0.25) is 0 Å². The molecule has 2 aromatic rings. The number of hydrogen-bond acceptors (Lipinski definition) is 5. The molecule has 2 aromatic carbocycles. The molecule has 3 N–H and O–H groups in total. The van der Waals surface area contributed by atoms with Crippen molar-refractivity contribution in [1.29, 1.82) is 0 Å². The highest BCUT2D eigenvalue weighted by molar-refractivity contribution is 6.06. The SMILES string of the molecule is COc1cc(NC(=O)c2ccc(C(C)(C)C)cc2)c(OC)cc1NC(=O)/C=C/C(=O)O. The first-order valence-electron chi connectivity index (χ1n) is 9.45. The molecule has 164 valence electrons. The van der Waals surface area contributed by atoms with Gasteiger partial charge in [0.1, 0.15) is 11.5 Å². The number of amides is 2. The van der Waals surface area contributed by atoms with Crippen LogP contribution < -0.4 is 20.1 Å². The topological polar surface area (TPSA) is 114 Å². The summed E-state index contributed by atoms with van der Waals surface area (Å²) in [6, 6.07) is 10.3. The predicted octanol–water partition coefficient (Wildman–Crippen LogP) is 3.83. The van der Waals surface area contributed by atoms with E-state index in [4.69, 9.17) is 14.6 Å². The lowest BCUT2D eigenvalue weighted by atomic mass is 9.87. The molecule has 0 fully saturated rings. The molecular formula is C23H26N2O6. The van der Waals surface area contributed by atoms with Crippen LogP contribution in [0.1, 0.15) is 36.7 Å². The molecule has 0 aliphatic carbocycles. The van der Waals surface area contributed by atoms with Gasteiger partial charge >= 0.3 is 5.97 Å². The highest BCUT2D eigenvalue weighted by Crippen LogP contribution is 2.36.